The molecule has 0 aromatic heterocycles. The molecule has 2 nitrogen and oxygen atoms in total. The fraction of sp³-hybridized carbons (Fsp3) is 1.00. The highest BCUT2D eigenvalue weighted by molar-refractivity contribution is 4.95. The molecule has 2 aliphatic carbocycles. The Morgan fingerprint density at radius 1 is 1.20 bits per heavy atom. The van der Waals surface area contributed by atoms with Crippen LogP contribution in [0.3, 0.4) is 0 Å². The number of hydrogen-bond acceptors (Lipinski definition) is 2. The van der Waals surface area contributed by atoms with Gasteiger partial charge in [-0.3, -0.25) is 0 Å². The Hall–Kier alpha value is -0.0800. The molecule has 0 heterocycles. The Morgan fingerprint density at radius 3 is 2.45 bits per heavy atom. The summed E-state index contributed by atoms with van der Waals surface area (Å²) in [5.41, 5.74) is 0.463. The molecule has 2 saturated carbocycles. The van der Waals surface area contributed by atoms with Crippen molar-refractivity contribution in [2.24, 2.45) is 17.3 Å². The van der Waals surface area contributed by atoms with Crippen LogP contribution < -0.4 is 5.32 Å². The lowest BCUT2D eigenvalue weighted by Gasteiger charge is -2.45. The zero-order valence-corrected chi connectivity index (χ0v) is 14.4. The van der Waals surface area contributed by atoms with Crippen LogP contribution in [0.1, 0.15) is 66.2 Å². The first-order valence-electron chi connectivity index (χ1n) is 8.85. The maximum atomic E-state index is 3.65. The van der Waals surface area contributed by atoms with Crippen LogP contribution in [0.15, 0.2) is 0 Å². The van der Waals surface area contributed by atoms with Gasteiger partial charge in [-0.1, -0.05) is 34.1 Å². The smallest absolute Gasteiger partial charge is 0.0156 e. The summed E-state index contributed by atoms with van der Waals surface area (Å²) in [5, 5.41) is 3.65. The molecule has 0 bridgehead atoms. The van der Waals surface area contributed by atoms with Gasteiger partial charge in [0.25, 0.3) is 0 Å². The van der Waals surface area contributed by atoms with Crippen LogP contribution in [-0.2, 0) is 0 Å². The van der Waals surface area contributed by atoms with E-state index in [4.69, 9.17) is 0 Å². The maximum Gasteiger partial charge on any atom is 0.0156 e. The molecule has 0 aromatic rings. The number of hydrogen-bond donors (Lipinski definition) is 1. The number of nitrogens with one attached hydrogen (secondary N) is 1. The molecule has 2 heteroatoms. The van der Waals surface area contributed by atoms with Gasteiger partial charge in [0, 0.05) is 18.6 Å². The molecule has 0 spiro atoms. The van der Waals surface area contributed by atoms with E-state index in [0.717, 1.165) is 17.9 Å². The highest BCUT2D eigenvalue weighted by atomic mass is 15.2. The zero-order valence-electron chi connectivity index (χ0n) is 14.4. The van der Waals surface area contributed by atoms with Gasteiger partial charge in [0.05, 0.1) is 0 Å². The van der Waals surface area contributed by atoms with E-state index in [1.807, 2.05) is 0 Å². The first kappa shape index (κ1) is 16.3. The van der Waals surface area contributed by atoms with Gasteiger partial charge in [0.2, 0.25) is 0 Å². The molecule has 1 N–H and O–H groups in total. The van der Waals surface area contributed by atoms with E-state index in [2.05, 4.69) is 45.0 Å². The average molecular weight is 280 g/mol. The Labute approximate surface area is 126 Å². The Kier molecular flexibility index (Phi) is 5.53. The molecule has 2 atom stereocenters. The van der Waals surface area contributed by atoms with Gasteiger partial charge >= 0.3 is 0 Å². The molecule has 0 aliphatic heterocycles. The van der Waals surface area contributed by atoms with E-state index in [9.17, 15) is 0 Å². The normalized spacial score (nSPS) is 30.1. The Balaban J connectivity index is 1.94. The third-order valence-corrected chi connectivity index (χ3v) is 5.55. The topological polar surface area (TPSA) is 15.3 Å². The van der Waals surface area contributed by atoms with Crippen LogP contribution in [0.4, 0.5) is 0 Å². The standard InChI is InChI=1S/C18H36N2/c1-14(2)10-12-20(16-8-9-16)13-15-7-6-11-18(3,4)17(15)19-5/h14-17,19H,6-13H2,1-5H3. The van der Waals surface area contributed by atoms with Crippen LogP contribution in [0, 0.1) is 17.3 Å². The monoisotopic (exact) mass is 280 g/mol. The third kappa shape index (κ3) is 4.21. The Morgan fingerprint density at radius 2 is 1.90 bits per heavy atom. The summed E-state index contributed by atoms with van der Waals surface area (Å²) in [6, 6.07) is 1.60. The minimum Gasteiger partial charge on any atom is -0.316 e. The SMILES string of the molecule is CNC1C(CN(CCC(C)C)C2CC2)CCCC1(C)C. The summed E-state index contributed by atoms with van der Waals surface area (Å²) in [6.45, 7) is 12.3. The van der Waals surface area contributed by atoms with E-state index >= 15 is 0 Å². The van der Waals surface area contributed by atoms with Crippen molar-refractivity contribution in [1.82, 2.24) is 10.2 Å². The van der Waals surface area contributed by atoms with Crippen molar-refractivity contribution in [3.63, 3.8) is 0 Å². The molecule has 0 radical (unpaired) electrons. The van der Waals surface area contributed by atoms with Crippen molar-refractivity contribution in [3.05, 3.63) is 0 Å². The quantitative estimate of drug-likeness (QED) is 0.760. The predicted octanol–water partition coefficient (Wildman–Crippen LogP) is 3.91. The van der Waals surface area contributed by atoms with Crippen LogP contribution >= 0.6 is 0 Å². The fourth-order valence-electron chi connectivity index (χ4n) is 4.19. The molecule has 2 fully saturated rings. The molecule has 2 rings (SSSR count). The molecule has 2 unspecified atom stereocenters. The van der Waals surface area contributed by atoms with Crippen molar-refractivity contribution in [2.45, 2.75) is 78.3 Å². The van der Waals surface area contributed by atoms with E-state index in [1.165, 1.54) is 51.6 Å². The summed E-state index contributed by atoms with van der Waals surface area (Å²) < 4.78 is 0. The van der Waals surface area contributed by atoms with E-state index < -0.39 is 0 Å². The summed E-state index contributed by atoms with van der Waals surface area (Å²) in [5.74, 6) is 1.68. The largest absolute Gasteiger partial charge is 0.316 e. The minimum atomic E-state index is 0.463. The molecular weight excluding hydrogens is 244 g/mol. The van der Waals surface area contributed by atoms with Gasteiger partial charge in [-0.2, -0.15) is 0 Å². The summed E-state index contributed by atoms with van der Waals surface area (Å²) in [6.07, 6.45) is 8.45. The lowest BCUT2D eigenvalue weighted by molar-refractivity contribution is 0.0793. The maximum absolute atomic E-state index is 3.65. The minimum absolute atomic E-state index is 0.463. The van der Waals surface area contributed by atoms with Gasteiger partial charge in [-0.05, 0) is 62.9 Å². The first-order valence-corrected chi connectivity index (χ1v) is 8.85. The van der Waals surface area contributed by atoms with Crippen molar-refractivity contribution in [3.8, 4) is 0 Å². The second kappa shape index (κ2) is 6.79. The Bertz CT molecular complexity index is 294. The molecule has 0 saturated heterocycles. The van der Waals surface area contributed by atoms with Gasteiger partial charge in [0.15, 0.2) is 0 Å². The lowest BCUT2D eigenvalue weighted by atomic mass is 9.68. The van der Waals surface area contributed by atoms with E-state index in [0.29, 0.717) is 11.5 Å². The second-order valence-corrected chi connectivity index (χ2v) is 8.32. The van der Waals surface area contributed by atoms with Gasteiger partial charge in [0.1, 0.15) is 0 Å². The highest BCUT2D eigenvalue weighted by Gasteiger charge is 2.40. The molecule has 0 aromatic carbocycles. The first-order chi connectivity index (χ1) is 9.44. The fourth-order valence-corrected chi connectivity index (χ4v) is 4.19. The van der Waals surface area contributed by atoms with Crippen LogP contribution in [0.25, 0.3) is 0 Å². The summed E-state index contributed by atoms with van der Waals surface area (Å²) in [4.78, 5) is 2.82. The van der Waals surface area contributed by atoms with Crippen molar-refractivity contribution >= 4 is 0 Å². The molecular formula is C18H36N2. The number of rotatable bonds is 7. The summed E-state index contributed by atoms with van der Waals surface area (Å²) >= 11 is 0. The van der Waals surface area contributed by atoms with Crippen molar-refractivity contribution in [1.29, 1.82) is 0 Å². The van der Waals surface area contributed by atoms with E-state index in [-0.39, 0.29) is 0 Å². The lowest BCUT2D eigenvalue weighted by Crippen LogP contribution is -2.52. The van der Waals surface area contributed by atoms with Crippen molar-refractivity contribution in [2.75, 3.05) is 20.1 Å². The highest BCUT2D eigenvalue weighted by Crippen LogP contribution is 2.40. The summed E-state index contributed by atoms with van der Waals surface area (Å²) in [7, 11) is 2.17. The van der Waals surface area contributed by atoms with Gasteiger partial charge in [-0.15, -0.1) is 0 Å². The predicted molar refractivity (Wildman–Crippen MR) is 88.0 cm³/mol. The zero-order chi connectivity index (χ0) is 14.8. The molecule has 2 aliphatic rings. The van der Waals surface area contributed by atoms with Crippen LogP contribution in [0.2, 0.25) is 0 Å². The van der Waals surface area contributed by atoms with E-state index in [1.54, 1.807) is 0 Å². The van der Waals surface area contributed by atoms with Gasteiger partial charge in [-0.25, -0.2) is 0 Å². The third-order valence-electron chi connectivity index (χ3n) is 5.55. The van der Waals surface area contributed by atoms with Gasteiger partial charge < -0.3 is 10.2 Å². The number of nitrogens with zero attached hydrogens (tertiary/aromatic N) is 1. The molecule has 118 valence electrons. The molecule has 0 amide bonds. The average Bonchev–Trinajstić information content (AvgIpc) is 3.17. The van der Waals surface area contributed by atoms with Crippen molar-refractivity contribution < 1.29 is 0 Å². The van der Waals surface area contributed by atoms with Crippen LogP contribution in [0.5, 0.6) is 0 Å². The van der Waals surface area contributed by atoms with Crippen LogP contribution in [-0.4, -0.2) is 37.1 Å². The molecule has 20 heavy (non-hydrogen) atoms. The second-order valence-electron chi connectivity index (χ2n) is 8.32.